The molecular weight excluding hydrogens is 236 g/mol. The molecule has 0 heterocycles. The van der Waals surface area contributed by atoms with Crippen LogP contribution in [0.1, 0.15) is 0 Å². The standard InChI is InChI=1S/C12H28N2O4/c1-14(10-12(13)11-16-3)4-5-17-8-9-18-7-6-15-2/h12H,4-11,13H2,1-3H3. The molecule has 1 atom stereocenters. The van der Waals surface area contributed by atoms with E-state index in [0.717, 1.165) is 13.1 Å². The highest BCUT2D eigenvalue weighted by Crippen LogP contribution is 1.88. The molecule has 2 N–H and O–H groups in total. The van der Waals surface area contributed by atoms with Crippen LogP contribution in [0.5, 0.6) is 0 Å². The van der Waals surface area contributed by atoms with E-state index in [4.69, 9.17) is 24.7 Å². The van der Waals surface area contributed by atoms with Crippen LogP contribution in [0.25, 0.3) is 0 Å². The van der Waals surface area contributed by atoms with Crippen molar-refractivity contribution in [3.8, 4) is 0 Å². The minimum Gasteiger partial charge on any atom is -0.383 e. The first-order valence-corrected chi connectivity index (χ1v) is 6.28. The summed E-state index contributed by atoms with van der Waals surface area (Å²) in [4.78, 5) is 2.13. The highest BCUT2D eigenvalue weighted by atomic mass is 16.5. The molecule has 110 valence electrons. The summed E-state index contributed by atoms with van der Waals surface area (Å²) in [5.41, 5.74) is 5.84. The Balaban J connectivity index is 3.22. The summed E-state index contributed by atoms with van der Waals surface area (Å²) in [6.45, 7) is 5.39. The molecule has 0 aliphatic rings. The van der Waals surface area contributed by atoms with Crippen molar-refractivity contribution in [2.45, 2.75) is 6.04 Å². The lowest BCUT2D eigenvalue weighted by Gasteiger charge is -2.20. The lowest BCUT2D eigenvalue weighted by Crippen LogP contribution is -2.39. The van der Waals surface area contributed by atoms with Crippen LogP contribution in [0.4, 0.5) is 0 Å². The number of rotatable bonds is 13. The van der Waals surface area contributed by atoms with Crippen LogP contribution in [0.3, 0.4) is 0 Å². The molecular formula is C12H28N2O4. The third-order valence-corrected chi connectivity index (χ3v) is 2.35. The molecule has 18 heavy (non-hydrogen) atoms. The van der Waals surface area contributed by atoms with Crippen LogP contribution >= 0.6 is 0 Å². The molecule has 0 aliphatic carbocycles. The van der Waals surface area contributed by atoms with Crippen molar-refractivity contribution in [1.82, 2.24) is 4.90 Å². The summed E-state index contributed by atoms with van der Waals surface area (Å²) in [5.74, 6) is 0. The average Bonchev–Trinajstić information content (AvgIpc) is 2.32. The van der Waals surface area contributed by atoms with Gasteiger partial charge in [-0.1, -0.05) is 0 Å². The zero-order chi connectivity index (χ0) is 13.6. The summed E-state index contributed by atoms with van der Waals surface area (Å²) in [6.07, 6.45) is 0. The number of nitrogens with two attached hydrogens (primary N) is 1. The lowest BCUT2D eigenvalue weighted by atomic mass is 10.3. The molecule has 0 aromatic heterocycles. The number of hydrogen-bond acceptors (Lipinski definition) is 6. The van der Waals surface area contributed by atoms with E-state index in [-0.39, 0.29) is 6.04 Å². The van der Waals surface area contributed by atoms with Gasteiger partial charge in [-0.2, -0.15) is 0 Å². The Morgan fingerprint density at radius 1 is 0.944 bits per heavy atom. The zero-order valence-corrected chi connectivity index (χ0v) is 11.9. The van der Waals surface area contributed by atoms with Crippen molar-refractivity contribution in [2.24, 2.45) is 5.73 Å². The van der Waals surface area contributed by atoms with Gasteiger partial charge in [0.1, 0.15) is 0 Å². The summed E-state index contributed by atoms with van der Waals surface area (Å²) in [5, 5.41) is 0. The van der Waals surface area contributed by atoms with Gasteiger partial charge in [0, 0.05) is 33.4 Å². The lowest BCUT2D eigenvalue weighted by molar-refractivity contribution is 0.0202. The monoisotopic (exact) mass is 264 g/mol. The largest absolute Gasteiger partial charge is 0.383 e. The van der Waals surface area contributed by atoms with Crippen molar-refractivity contribution in [2.75, 3.05) is 74.0 Å². The van der Waals surface area contributed by atoms with Crippen LogP contribution < -0.4 is 5.73 Å². The Morgan fingerprint density at radius 2 is 1.56 bits per heavy atom. The Labute approximate surface area is 110 Å². The van der Waals surface area contributed by atoms with Gasteiger partial charge in [-0.05, 0) is 7.05 Å². The molecule has 0 fully saturated rings. The third kappa shape index (κ3) is 12.2. The summed E-state index contributed by atoms with van der Waals surface area (Å²) >= 11 is 0. The van der Waals surface area contributed by atoms with Gasteiger partial charge in [0.2, 0.25) is 0 Å². The highest BCUT2D eigenvalue weighted by Gasteiger charge is 2.05. The molecule has 0 spiro atoms. The van der Waals surface area contributed by atoms with Gasteiger partial charge < -0.3 is 29.6 Å². The van der Waals surface area contributed by atoms with Crippen LogP contribution in [-0.4, -0.2) is 84.9 Å². The van der Waals surface area contributed by atoms with Crippen molar-refractivity contribution >= 4 is 0 Å². The van der Waals surface area contributed by atoms with Crippen molar-refractivity contribution in [1.29, 1.82) is 0 Å². The second kappa shape index (κ2) is 13.2. The second-order valence-electron chi connectivity index (χ2n) is 4.20. The molecule has 0 amide bonds. The van der Waals surface area contributed by atoms with Crippen LogP contribution in [0, 0.1) is 0 Å². The van der Waals surface area contributed by atoms with E-state index in [2.05, 4.69) is 4.90 Å². The molecule has 0 aromatic rings. The van der Waals surface area contributed by atoms with E-state index < -0.39 is 0 Å². The quantitative estimate of drug-likeness (QED) is 0.455. The van der Waals surface area contributed by atoms with Crippen LogP contribution in [0.15, 0.2) is 0 Å². The van der Waals surface area contributed by atoms with E-state index in [1.165, 1.54) is 0 Å². The fourth-order valence-corrected chi connectivity index (χ4v) is 1.44. The van der Waals surface area contributed by atoms with Gasteiger partial charge in [0.25, 0.3) is 0 Å². The van der Waals surface area contributed by atoms with Crippen molar-refractivity contribution < 1.29 is 18.9 Å². The van der Waals surface area contributed by atoms with Crippen molar-refractivity contribution in [3.63, 3.8) is 0 Å². The van der Waals surface area contributed by atoms with E-state index >= 15 is 0 Å². The maximum absolute atomic E-state index is 5.84. The zero-order valence-electron chi connectivity index (χ0n) is 11.9. The Morgan fingerprint density at radius 3 is 2.17 bits per heavy atom. The van der Waals surface area contributed by atoms with E-state index in [0.29, 0.717) is 39.6 Å². The maximum atomic E-state index is 5.84. The van der Waals surface area contributed by atoms with E-state index in [1.807, 2.05) is 7.05 Å². The topological polar surface area (TPSA) is 66.2 Å². The molecule has 0 aliphatic heterocycles. The molecule has 1 unspecified atom stereocenters. The Bertz CT molecular complexity index is 172. The molecule has 0 saturated heterocycles. The Kier molecular flexibility index (Phi) is 13.0. The summed E-state index contributed by atoms with van der Waals surface area (Å²) < 4.78 is 20.6. The molecule has 0 saturated carbocycles. The van der Waals surface area contributed by atoms with Crippen LogP contribution in [0.2, 0.25) is 0 Å². The molecule has 6 nitrogen and oxygen atoms in total. The molecule has 0 bridgehead atoms. The molecule has 6 heteroatoms. The van der Waals surface area contributed by atoms with E-state index in [9.17, 15) is 0 Å². The fraction of sp³-hybridized carbons (Fsp3) is 1.00. The van der Waals surface area contributed by atoms with Crippen molar-refractivity contribution in [3.05, 3.63) is 0 Å². The number of nitrogens with zero attached hydrogens (tertiary/aromatic N) is 1. The van der Waals surface area contributed by atoms with E-state index in [1.54, 1.807) is 14.2 Å². The summed E-state index contributed by atoms with van der Waals surface area (Å²) in [7, 11) is 5.34. The third-order valence-electron chi connectivity index (χ3n) is 2.35. The number of likely N-dealkylation sites (N-methyl/N-ethyl adjacent to an activating group) is 1. The van der Waals surface area contributed by atoms with Gasteiger partial charge in [-0.15, -0.1) is 0 Å². The number of hydrogen-bond donors (Lipinski definition) is 1. The molecule has 0 radical (unpaired) electrons. The predicted molar refractivity (Wildman–Crippen MR) is 70.9 cm³/mol. The Hall–Kier alpha value is -0.240. The van der Waals surface area contributed by atoms with Crippen LogP contribution in [-0.2, 0) is 18.9 Å². The fourth-order valence-electron chi connectivity index (χ4n) is 1.44. The smallest absolute Gasteiger partial charge is 0.0701 e. The first kappa shape index (κ1) is 17.8. The molecule has 0 rings (SSSR count). The van der Waals surface area contributed by atoms with Gasteiger partial charge in [0.15, 0.2) is 0 Å². The summed E-state index contributed by atoms with van der Waals surface area (Å²) in [6, 6.07) is 0.0531. The average molecular weight is 264 g/mol. The predicted octanol–water partition coefficient (Wildman–Crippen LogP) is -0.428. The minimum absolute atomic E-state index is 0.0531. The SMILES string of the molecule is COCCOCCOCCN(C)CC(N)COC. The second-order valence-corrected chi connectivity index (χ2v) is 4.20. The number of ether oxygens (including phenoxy) is 4. The first-order chi connectivity index (χ1) is 8.70. The maximum Gasteiger partial charge on any atom is 0.0701 e. The van der Waals surface area contributed by atoms with Gasteiger partial charge >= 0.3 is 0 Å². The first-order valence-electron chi connectivity index (χ1n) is 6.28. The highest BCUT2D eigenvalue weighted by molar-refractivity contribution is 4.64. The van der Waals surface area contributed by atoms with Gasteiger partial charge in [-0.25, -0.2) is 0 Å². The van der Waals surface area contributed by atoms with Gasteiger partial charge in [0.05, 0.1) is 39.6 Å². The normalized spacial score (nSPS) is 13.2. The number of methoxy groups -OCH3 is 2. The molecule has 0 aromatic carbocycles. The minimum atomic E-state index is 0.0531. The van der Waals surface area contributed by atoms with Gasteiger partial charge in [-0.3, -0.25) is 0 Å².